The number of hydrogen-bond donors (Lipinski definition) is 1. The van der Waals surface area contributed by atoms with Gasteiger partial charge in [0.2, 0.25) is 5.88 Å². The first kappa shape index (κ1) is 19.4. The predicted octanol–water partition coefficient (Wildman–Crippen LogP) is 2.47. The van der Waals surface area contributed by atoms with Gasteiger partial charge in [0.15, 0.2) is 0 Å². The molecule has 1 unspecified atom stereocenters. The molecule has 0 fully saturated rings. The maximum Gasteiger partial charge on any atom is 0.340 e. The molecule has 3 aromatic rings. The lowest BCUT2D eigenvalue weighted by molar-refractivity contribution is -0.136. The fraction of sp³-hybridized carbons (Fsp3) is 0.174. The molecule has 0 saturated heterocycles. The van der Waals surface area contributed by atoms with E-state index in [9.17, 15) is 9.59 Å². The third-order valence-electron chi connectivity index (χ3n) is 5.15. The molecule has 0 amide bonds. The highest BCUT2D eigenvalue weighted by Gasteiger charge is 2.38. The molecule has 152 valence electrons. The molecular formula is C23H21N3O4. The summed E-state index contributed by atoms with van der Waals surface area (Å²) in [5.74, 6) is -1.06. The standard InChI is InChI=1S/C23H21N3O4/c1-14-12-17-19(22(27)26(14)13-16-10-6-7-11-25-16)18(15-8-4-3-5-9-15)20(21(24)30-17)23(28)29-2/h3-12,18H,13,24H2,1-2H3. The minimum absolute atomic E-state index is 0.0653. The van der Waals surface area contributed by atoms with Gasteiger partial charge in [-0.15, -0.1) is 0 Å². The van der Waals surface area contributed by atoms with Crippen molar-refractivity contribution in [2.24, 2.45) is 5.73 Å². The number of ether oxygens (including phenoxy) is 2. The zero-order chi connectivity index (χ0) is 21.3. The van der Waals surface area contributed by atoms with Gasteiger partial charge in [-0.3, -0.25) is 9.78 Å². The highest BCUT2D eigenvalue weighted by atomic mass is 16.5. The van der Waals surface area contributed by atoms with Gasteiger partial charge in [-0.2, -0.15) is 0 Å². The lowest BCUT2D eigenvalue weighted by atomic mass is 9.83. The lowest BCUT2D eigenvalue weighted by Gasteiger charge is -2.29. The first-order valence-corrected chi connectivity index (χ1v) is 9.46. The Bertz CT molecular complexity index is 1180. The summed E-state index contributed by atoms with van der Waals surface area (Å²) in [7, 11) is 1.27. The molecule has 7 nitrogen and oxygen atoms in total. The number of benzene rings is 1. The first-order chi connectivity index (χ1) is 14.5. The molecule has 2 N–H and O–H groups in total. The SMILES string of the molecule is COC(=O)C1=C(N)Oc2cc(C)n(Cc3ccccn3)c(=O)c2C1c1ccccc1. The van der Waals surface area contributed by atoms with E-state index in [0.29, 0.717) is 23.6 Å². The minimum Gasteiger partial charge on any atom is -0.465 e. The van der Waals surface area contributed by atoms with Gasteiger partial charge < -0.3 is 19.8 Å². The Labute approximate surface area is 173 Å². The molecule has 0 saturated carbocycles. The number of methoxy groups -OCH3 is 1. The van der Waals surface area contributed by atoms with Crippen molar-refractivity contribution < 1.29 is 14.3 Å². The van der Waals surface area contributed by atoms with Gasteiger partial charge in [0.1, 0.15) is 11.3 Å². The minimum atomic E-state index is -0.703. The van der Waals surface area contributed by atoms with Crippen LogP contribution in [-0.4, -0.2) is 22.6 Å². The van der Waals surface area contributed by atoms with Crippen LogP contribution in [-0.2, 0) is 16.1 Å². The van der Waals surface area contributed by atoms with Crippen LogP contribution in [0.3, 0.4) is 0 Å². The summed E-state index contributed by atoms with van der Waals surface area (Å²) < 4.78 is 12.3. The zero-order valence-electron chi connectivity index (χ0n) is 16.7. The van der Waals surface area contributed by atoms with Crippen molar-refractivity contribution in [3.8, 4) is 5.75 Å². The van der Waals surface area contributed by atoms with Crippen molar-refractivity contribution in [2.45, 2.75) is 19.4 Å². The summed E-state index contributed by atoms with van der Waals surface area (Å²) in [5.41, 5.74) is 8.48. The maximum atomic E-state index is 13.6. The quantitative estimate of drug-likeness (QED) is 0.673. The molecule has 0 bridgehead atoms. The number of nitrogens with zero attached hydrogens (tertiary/aromatic N) is 2. The molecule has 0 aliphatic carbocycles. The third-order valence-corrected chi connectivity index (χ3v) is 5.15. The Balaban J connectivity index is 1.94. The Morgan fingerprint density at radius 2 is 1.93 bits per heavy atom. The van der Waals surface area contributed by atoms with E-state index in [1.807, 2.05) is 55.5 Å². The van der Waals surface area contributed by atoms with Crippen LogP contribution in [0, 0.1) is 6.92 Å². The first-order valence-electron chi connectivity index (χ1n) is 9.46. The summed E-state index contributed by atoms with van der Waals surface area (Å²) in [6.07, 6.45) is 1.68. The summed E-state index contributed by atoms with van der Waals surface area (Å²) in [6, 6.07) is 16.5. The second-order valence-electron chi connectivity index (χ2n) is 6.99. The van der Waals surface area contributed by atoms with Crippen molar-refractivity contribution in [1.82, 2.24) is 9.55 Å². The van der Waals surface area contributed by atoms with E-state index in [-0.39, 0.29) is 17.0 Å². The Kier molecular flexibility index (Phi) is 5.10. The van der Waals surface area contributed by atoms with Crippen molar-refractivity contribution in [3.63, 3.8) is 0 Å². The number of rotatable bonds is 4. The normalized spacial score (nSPS) is 15.3. The number of esters is 1. The Hall–Kier alpha value is -3.87. The van der Waals surface area contributed by atoms with Crippen molar-refractivity contribution in [3.05, 3.63) is 105 Å². The highest BCUT2D eigenvalue weighted by Crippen LogP contribution is 2.41. The van der Waals surface area contributed by atoms with Crippen LogP contribution in [0.15, 0.2) is 77.0 Å². The van der Waals surface area contributed by atoms with E-state index < -0.39 is 11.9 Å². The number of pyridine rings is 2. The topological polar surface area (TPSA) is 96.4 Å². The Morgan fingerprint density at radius 1 is 1.20 bits per heavy atom. The molecule has 2 aromatic heterocycles. The number of carbonyl (C=O) groups excluding carboxylic acids is 1. The number of aryl methyl sites for hydroxylation is 1. The summed E-state index contributed by atoms with van der Waals surface area (Å²) in [5, 5.41) is 0. The van der Waals surface area contributed by atoms with Crippen molar-refractivity contribution >= 4 is 5.97 Å². The van der Waals surface area contributed by atoms with Crippen molar-refractivity contribution in [2.75, 3.05) is 7.11 Å². The van der Waals surface area contributed by atoms with Crippen LogP contribution in [0.1, 0.15) is 28.4 Å². The second-order valence-corrected chi connectivity index (χ2v) is 6.99. The number of carbonyl (C=O) groups is 1. The summed E-state index contributed by atoms with van der Waals surface area (Å²) in [4.78, 5) is 30.5. The number of nitrogens with two attached hydrogens (primary N) is 1. The molecule has 0 radical (unpaired) electrons. The number of hydrogen-bond acceptors (Lipinski definition) is 6. The van der Waals surface area contributed by atoms with Crippen LogP contribution in [0.5, 0.6) is 5.75 Å². The fourth-order valence-corrected chi connectivity index (χ4v) is 3.72. The lowest BCUT2D eigenvalue weighted by Crippen LogP contribution is -2.35. The molecule has 4 rings (SSSR count). The summed E-state index contributed by atoms with van der Waals surface area (Å²) >= 11 is 0. The molecule has 1 aliphatic rings. The average molecular weight is 403 g/mol. The highest BCUT2D eigenvalue weighted by molar-refractivity contribution is 5.92. The van der Waals surface area contributed by atoms with Crippen LogP contribution in [0.2, 0.25) is 0 Å². The smallest absolute Gasteiger partial charge is 0.340 e. The number of aromatic nitrogens is 2. The van der Waals surface area contributed by atoms with Gasteiger partial charge in [0, 0.05) is 18.0 Å². The average Bonchev–Trinajstić information content (AvgIpc) is 2.76. The van der Waals surface area contributed by atoms with Crippen LogP contribution < -0.4 is 16.0 Å². The largest absolute Gasteiger partial charge is 0.465 e. The van der Waals surface area contributed by atoms with Crippen LogP contribution >= 0.6 is 0 Å². The third kappa shape index (κ3) is 3.34. The van der Waals surface area contributed by atoms with E-state index in [4.69, 9.17) is 15.2 Å². The van der Waals surface area contributed by atoms with E-state index in [0.717, 1.165) is 11.3 Å². The van der Waals surface area contributed by atoms with Crippen molar-refractivity contribution in [1.29, 1.82) is 0 Å². The van der Waals surface area contributed by atoms with Crippen LogP contribution in [0.4, 0.5) is 0 Å². The molecular weight excluding hydrogens is 382 g/mol. The van der Waals surface area contributed by atoms with Gasteiger partial charge in [-0.25, -0.2) is 4.79 Å². The zero-order valence-corrected chi connectivity index (χ0v) is 16.7. The van der Waals surface area contributed by atoms with E-state index in [1.165, 1.54) is 7.11 Å². The molecule has 3 heterocycles. The molecule has 0 spiro atoms. The maximum absolute atomic E-state index is 13.6. The molecule has 1 aromatic carbocycles. The van der Waals surface area contributed by atoms with Gasteiger partial charge in [-0.05, 0) is 24.6 Å². The van der Waals surface area contributed by atoms with Gasteiger partial charge in [0.25, 0.3) is 5.56 Å². The van der Waals surface area contributed by atoms with E-state index in [2.05, 4.69) is 4.98 Å². The van der Waals surface area contributed by atoms with Gasteiger partial charge in [0.05, 0.1) is 30.8 Å². The molecule has 1 atom stereocenters. The Morgan fingerprint density at radius 3 is 2.60 bits per heavy atom. The predicted molar refractivity (Wildman–Crippen MR) is 111 cm³/mol. The second kappa shape index (κ2) is 7.87. The molecule has 1 aliphatic heterocycles. The number of fused-ring (bicyclic) bond motifs is 1. The summed E-state index contributed by atoms with van der Waals surface area (Å²) in [6.45, 7) is 2.12. The molecule has 7 heteroatoms. The monoisotopic (exact) mass is 403 g/mol. The molecule has 30 heavy (non-hydrogen) atoms. The van der Waals surface area contributed by atoms with E-state index >= 15 is 0 Å². The fourth-order valence-electron chi connectivity index (χ4n) is 3.72. The van der Waals surface area contributed by atoms with Crippen LogP contribution in [0.25, 0.3) is 0 Å². The van der Waals surface area contributed by atoms with E-state index in [1.54, 1.807) is 16.8 Å². The van der Waals surface area contributed by atoms with Gasteiger partial charge >= 0.3 is 5.97 Å². The van der Waals surface area contributed by atoms with Gasteiger partial charge in [-0.1, -0.05) is 36.4 Å².